The van der Waals surface area contributed by atoms with Crippen LogP contribution in [0.25, 0.3) is 0 Å². The first-order valence-corrected chi connectivity index (χ1v) is 12.5. The van der Waals surface area contributed by atoms with Gasteiger partial charge in [-0.1, -0.05) is 29.8 Å². The topological polar surface area (TPSA) is 64.7 Å². The van der Waals surface area contributed by atoms with Gasteiger partial charge in [0.05, 0.1) is 5.56 Å². The van der Waals surface area contributed by atoms with Crippen LogP contribution in [0, 0.1) is 10.5 Å². The van der Waals surface area contributed by atoms with Crippen molar-refractivity contribution in [1.82, 2.24) is 10.2 Å². The van der Waals surface area contributed by atoms with Gasteiger partial charge in [0.1, 0.15) is 0 Å². The van der Waals surface area contributed by atoms with Gasteiger partial charge >= 0.3 is 0 Å². The van der Waals surface area contributed by atoms with E-state index in [0.29, 0.717) is 18.7 Å². The molecular weight excluding hydrogens is 559 g/mol. The molecule has 34 heavy (non-hydrogen) atoms. The average molecular weight is 584 g/mol. The first-order chi connectivity index (χ1) is 16.4. The molecule has 3 aromatic rings. The number of thiocarbonyl (C=S) groups is 1. The number of anilines is 2. The van der Waals surface area contributed by atoms with Gasteiger partial charge in [-0.25, -0.2) is 0 Å². The van der Waals surface area contributed by atoms with Crippen LogP contribution in [0.5, 0.6) is 0 Å². The quantitative estimate of drug-likeness (QED) is 0.345. The van der Waals surface area contributed by atoms with Crippen LogP contribution in [-0.4, -0.2) is 48.0 Å². The van der Waals surface area contributed by atoms with Crippen molar-refractivity contribution in [1.29, 1.82) is 0 Å². The van der Waals surface area contributed by atoms with E-state index in [1.807, 2.05) is 78.6 Å². The molecule has 0 aliphatic carbocycles. The summed E-state index contributed by atoms with van der Waals surface area (Å²) in [5.41, 5.74) is 4.35. The predicted molar refractivity (Wildman–Crippen MR) is 149 cm³/mol. The lowest BCUT2D eigenvalue weighted by Crippen LogP contribution is -2.48. The van der Waals surface area contributed by atoms with Gasteiger partial charge in [0.2, 0.25) is 0 Å². The van der Waals surface area contributed by atoms with Crippen LogP contribution in [0.2, 0.25) is 0 Å². The number of nitrogens with one attached hydrogen (secondary N) is 2. The lowest BCUT2D eigenvalue weighted by atomic mass is 10.1. The number of benzene rings is 3. The zero-order valence-electron chi connectivity index (χ0n) is 18.8. The maximum atomic E-state index is 12.7. The Bertz CT molecular complexity index is 1190. The number of rotatable bonds is 4. The van der Waals surface area contributed by atoms with Gasteiger partial charge in [-0.15, -0.1) is 0 Å². The fraction of sp³-hybridized carbons (Fsp3) is 0.192. The van der Waals surface area contributed by atoms with Crippen LogP contribution < -0.4 is 15.5 Å². The fourth-order valence-electron chi connectivity index (χ4n) is 3.78. The number of halogens is 1. The van der Waals surface area contributed by atoms with E-state index in [1.165, 1.54) is 0 Å². The van der Waals surface area contributed by atoms with Gasteiger partial charge in [-0.05, 0) is 90.3 Å². The molecule has 1 aliphatic heterocycles. The zero-order valence-corrected chi connectivity index (χ0v) is 21.7. The van der Waals surface area contributed by atoms with Crippen LogP contribution >= 0.6 is 34.8 Å². The summed E-state index contributed by atoms with van der Waals surface area (Å²) in [6, 6.07) is 23.0. The normalized spacial score (nSPS) is 13.4. The number of carbonyl (C=O) groups excluding carboxylic acids is 2. The number of piperazine rings is 1. The predicted octanol–water partition coefficient (Wildman–Crippen LogP) is 4.69. The Labute approximate surface area is 218 Å². The van der Waals surface area contributed by atoms with E-state index in [-0.39, 0.29) is 16.9 Å². The largest absolute Gasteiger partial charge is 0.368 e. The fourth-order valence-corrected chi connectivity index (χ4v) is 4.62. The van der Waals surface area contributed by atoms with Crippen LogP contribution in [0.1, 0.15) is 26.3 Å². The van der Waals surface area contributed by atoms with E-state index >= 15 is 0 Å². The van der Waals surface area contributed by atoms with Crippen molar-refractivity contribution in [3.05, 3.63) is 93.1 Å². The van der Waals surface area contributed by atoms with Crippen LogP contribution in [0.15, 0.2) is 72.8 Å². The minimum atomic E-state index is -0.239. The summed E-state index contributed by atoms with van der Waals surface area (Å²) >= 11 is 7.43. The molecule has 1 heterocycles. The monoisotopic (exact) mass is 584 g/mol. The first-order valence-electron chi connectivity index (χ1n) is 11.0. The summed E-state index contributed by atoms with van der Waals surface area (Å²) in [5, 5.41) is 6.04. The number of aryl methyl sites for hydroxylation is 1. The molecule has 1 fully saturated rings. The summed E-state index contributed by atoms with van der Waals surface area (Å²) in [4.78, 5) is 29.3. The van der Waals surface area contributed by atoms with Crippen molar-refractivity contribution in [2.24, 2.45) is 0 Å². The number of carbonyl (C=O) groups is 2. The summed E-state index contributed by atoms with van der Waals surface area (Å²) < 4.78 is 0.866. The maximum absolute atomic E-state index is 12.7. The first kappa shape index (κ1) is 24.2. The number of hydrogen-bond donors (Lipinski definition) is 2. The Kier molecular flexibility index (Phi) is 7.79. The molecule has 0 spiro atoms. The second-order valence-corrected chi connectivity index (χ2v) is 9.65. The van der Waals surface area contributed by atoms with Crippen molar-refractivity contribution < 1.29 is 9.59 Å². The molecule has 3 aromatic carbocycles. The van der Waals surface area contributed by atoms with Gasteiger partial charge in [0, 0.05) is 46.7 Å². The van der Waals surface area contributed by atoms with E-state index < -0.39 is 0 Å². The van der Waals surface area contributed by atoms with E-state index in [1.54, 1.807) is 6.07 Å². The molecule has 8 heteroatoms. The van der Waals surface area contributed by atoms with Gasteiger partial charge in [0.15, 0.2) is 5.11 Å². The molecule has 0 unspecified atom stereocenters. The third-order valence-electron chi connectivity index (χ3n) is 5.70. The highest BCUT2D eigenvalue weighted by molar-refractivity contribution is 14.1. The zero-order chi connectivity index (χ0) is 24.1. The molecule has 0 bridgehead atoms. The van der Waals surface area contributed by atoms with Crippen LogP contribution in [-0.2, 0) is 0 Å². The van der Waals surface area contributed by atoms with Crippen molar-refractivity contribution in [3.63, 3.8) is 0 Å². The van der Waals surface area contributed by atoms with Gasteiger partial charge in [-0.2, -0.15) is 0 Å². The Morgan fingerprint density at radius 1 is 0.882 bits per heavy atom. The van der Waals surface area contributed by atoms with Gasteiger partial charge in [0.25, 0.3) is 11.8 Å². The molecular formula is C26H25IN4O2S. The van der Waals surface area contributed by atoms with E-state index in [4.69, 9.17) is 12.2 Å². The molecule has 0 radical (unpaired) electrons. The molecule has 0 aromatic heterocycles. The Morgan fingerprint density at radius 2 is 1.53 bits per heavy atom. The molecule has 0 saturated carbocycles. The molecule has 1 saturated heterocycles. The molecule has 2 N–H and O–H groups in total. The summed E-state index contributed by atoms with van der Waals surface area (Å²) in [7, 11) is 0. The molecule has 2 amide bonds. The van der Waals surface area contributed by atoms with Gasteiger partial charge in [-0.3, -0.25) is 14.9 Å². The number of hydrogen-bond acceptors (Lipinski definition) is 4. The highest BCUT2D eigenvalue weighted by Gasteiger charge is 2.22. The minimum Gasteiger partial charge on any atom is -0.368 e. The van der Waals surface area contributed by atoms with E-state index in [0.717, 1.165) is 39.2 Å². The van der Waals surface area contributed by atoms with Crippen LogP contribution in [0.4, 0.5) is 11.4 Å². The number of nitrogens with zero attached hydrogens (tertiary/aromatic N) is 2. The summed E-state index contributed by atoms with van der Waals surface area (Å²) in [6.45, 7) is 4.92. The third kappa shape index (κ3) is 5.92. The van der Waals surface area contributed by atoms with Crippen molar-refractivity contribution in [2.45, 2.75) is 6.92 Å². The van der Waals surface area contributed by atoms with Crippen LogP contribution in [0.3, 0.4) is 0 Å². The Morgan fingerprint density at radius 3 is 2.18 bits per heavy atom. The van der Waals surface area contributed by atoms with E-state index in [2.05, 4.69) is 38.1 Å². The second-order valence-electron chi connectivity index (χ2n) is 8.08. The van der Waals surface area contributed by atoms with Crippen molar-refractivity contribution in [2.75, 3.05) is 36.4 Å². The SMILES string of the molecule is Cc1ccc(C(=O)N2CCN(c3ccc(NC(=S)NC(=O)c4ccccc4I)cc3)CC2)cc1. The second kappa shape index (κ2) is 11.0. The van der Waals surface area contributed by atoms with E-state index in [9.17, 15) is 9.59 Å². The molecule has 4 rings (SSSR count). The molecule has 0 atom stereocenters. The lowest BCUT2D eigenvalue weighted by Gasteiger charge is -2.36. The Hall–Kier alpha value is -2.98. The smallest absolute Gasteiger partial charge is 0.258 e. The third-order valence-corrected chi connectivity index (χ3v) is 6.85. The molecule has 6 nitrogen and oxygen atoms in total. The summed E-state index contributed by atoms with van der Waals surface area (Å²) in [6.07, 6.45) is 0. The minimum absolute atomic E-state index is 0.0833. The maximum Gasteiger partial charge on any atom is 0.258 e. The highest BCUT2D eigenvalue weighted by Crippen LogP contribution is 2.20. The average Bonchev–Trinajstić information content (AvgIpc) is 2.85. The Balaban J connectivity index is 1.29. The highest BCUT2D eigenvalue weighted by atomic mass is 127. The molecule has 1 aliphatic rings. The van der Waals surface area contributed by atoms with Crippen molar-refractivity contribution in [3.8, 4) is 0 Å². The number of amides is 2. The summed E-state index contributed by atoms with van der Waals surface area (Å²) in [5.74, 6) is -0.155. The van der Waals surface area contributed by atoms with Gasteiger partial charge < -0.3 is 15.1 Å². The van der Waals surface area contributed by atoms with Crippen molar-refractivity contribution >= 4 is 63.1 Å². The molecule has 174 valence electrons. The standard InChI is InChI=1S/C26H25IN4O2S/c1-18-6-8-19(9-7-18)25(33)31-16-14-30(15-17-31)21-12-10-20(11-13-21)28-26(34)29-24(32)22-4-2-3-5-23(22)27/h2-13H,14-17H2,1H3,(H2,28,29,32,34). The lowest BCUT2D eigenvalue weighted by molar-refractivity contribution is 0.0746.